The van der Waals surface area contributed by atoms with Gasteiger partial charge in [0.05, 0.1) is 10.6 Å². The number of amides is 1. The lowest BCUT2D eigenvalue weighted by Gasteiger charge is -2.19. The van der Waals surface area contributed by atoms with E-state index in [2.05, 4.69) is 5.32 Å². The first-order chi connectivity index (χ1) is 12.4. The normalized spacial score (nSPS) is 13.7. The lowest BCUT2D eigenvalue weighted by Crippen LogP contribution is -2.30. The Morgan fingerprint density at radius 3 is 2.54 bits per heavy atom. The minimum atomic E-state index is -1.03. The molecule has 0 aliphatic carbocycles. The van der Waals surface area contributed by atoms with Crippen molar-refractivity contribution in [3.63, 3.8) is 0 Å². The summed E-state index contributed by atoms with van der Waals surface area (Å²) < 4.78 is 16.1. The summed E-state index contributed by atoms with van der Waals surface area (Å²) in [6, 6.07) is 9.42. The molecule has 0 radical (unpaired) electrons. The highest BCUT2D eigenvalue weighted by Crippen LogP contribution is 2.32. The van der Waals surface area contributed by atoms with Crippen LogP contribution in [0.5, 0.6) is 11.5 Å². The molecule has 26 heavy (non-hydrogen) atoms. The molecule has 1 heterocycles. The number of esters is 1. The predicted molar refractivity (Wildman–Crippen MR) is 97.4 cm³/mol. The molecule has 0 fully saturated rings. The van der Waals surface area contributed by atoms with E-state index in [4.69, 9.17) is 37.4 Å². The molecule has 0 unspecified atom stereocenters. The molecule has 2 aromatic carbocycles. The number of hydrogen-bond acceptors (Lipinski definition) is 5. The fourth-order valence-electron chi connectivity index (χ4n) is 2.30. The van der Waals surface area contributed by atoms with Crippen LogP contribution in [0.3, 0.4) is 0 Å². The zero-order valence-corrected chi connectivity index (χ0v) is 15.3. The second-order valence-electron chi connectivity index (χ2n) is 5.52. The van der Waals surface area contributed by atoms with Gasteiger partial charge in [-0.15, -0.1) is 0 Å². The summed E-state index contributed by atoms with van der Waals surface area (Å²) in [7, 11) is 0. The minimum absolute atomic E-state index is 0.134. The van der Waals surface area contributed by atoms with Crippen LogP contribution < -0.4 is 14.8 Å². The Hall–Kier alpha value is -2.44. The van der Waals surface area contributed by atoms with E-state index in [1.165, 1.54) is 25.1 Å². The van der Waals surface area contributed by atoms with Crippen molar-refractivity contribution < 1.29 is 23.8 Å². The van der Waals surface area contributed by atoms with Crippen LogP contribution >= 0.6 is 23.2 Å². The Bertz CT molecular complexity index is 855. The molecule has 0 saturated carbocycles. The van der Waals surface area contributed by atoms with Crippen molar-refractivity contribution in [2.24, 2.45) is 0 Å². The topological polar surface area (TPSA) is 73.9 Å². The molecule has 1 amide bonds. The van der Waals surface area contributed by atoms with Gasteiger partial charge in [-0.1, -0.05) is 23.2 Å². The standard InChI is InChI=1S/C18H15Cl2NO5/c1-10(26-18(23)13-4-2-11(19)8-14(13)20)17(22)21-12-3-5-15-16(9-12)25-7-6-24-15/h2-5,8-10H,6-7H2,1H3,(H,21,22)/t10-/m0/s1. The van der Waals surface area contributed by atoms with Gasteiger partial charge in [0.15, 0.2) is 17.6 Å². The van der Waals surface area contributed by atoms with E-state index in [1.54, 1.807) is 18.2 Å². The highest BCUT2D eigenvalue weighted by atomic mass is 35.5. The molecular weight excluding hydrogens is 381 g/mol. The zero-order valence-electron chi connectivity index (χ0n) is 13.8. The van der Waals surface area contributed by atoms with E-state index in [0.29, 0.717) is 35.4 Å². The molecule has 3 rings (SSSR count). The van der Waals surface area contributed by atoms with Gasteiger partial charge in [0.2, 0.25) is 0 Å². The second kappa shape index (κ2) is 7.85. The average Bonchev–Trinajstić information content (AvgIpc) is 2.61. The first-order valence-corrected chi connectivity index (χ1v) is 8.56. The summed E-state index contributed by atoms with van der Waals surface area (Å²) in [6.07, 6.45) is -1.03. The fourth-order valence-corrected chi connectivity index (χ4v) is 2.78. The number of carbonyl (C=O) groups is 2. The Kier molecular flexibility index (Phi) is 5.54. The molecule has 136 valence electrons. The van der Waals surface area contributed by atoms with E-state index in [0.717, 1.165) is 0 Å². The van der Waals surface area contributed by atoms with E-state index < -0.39 is 18.0 Å². The molecule has 0 spiro atoms. The third-order valence-electron chi connectivity index (χ3n) is 3.61. The highest BCUT2D eigenvalue weighted by Gasteiger charge is 2.21. The lowest BCUT2D eigenvalue weighted by atomic mass is 10.2. The molecule has 0 saturated heterocycles. The Morgan fingerprint density at radius 2 is 1.81 bits per heavy atom. The van der Waals surface area contributed by atoms with E-state index in [1.807, 2.05) is 0 Å². The smallest absolute Gasteiger partial charge is 0.340 e. The monoisotopic (exact) mass is 395 g/mol. The van der Waals surface area contributed by atoms with Gasteiger partial charge in [-0.2, -0.15) is 0 Å². The predicted octanol–water partition coefficient (Wildman–Crippen LogP) is 3.95. The van der Waals surface area contributed by atoms with Gasteiger partial charge in [-0.25, -0.2) is 4.79 Å². The quantitative estimate of drug-likeness (QED) is 0.793. The van der Waals surface area contributed by atoms with Crippen LogP contribution in [0.4, 0.5) is 5.69 Å². The number of benzene rings is 2. The van der Waals surface area contributed by atoms with Gasteiger partial charge in [-0.05, 0) is 37.3 Å². The van der Waals surface area contributed by atoms with E-state index >= 15 is 0 Å². The number of ether oxygens (including phenoxy) is 3. The van der Waals surface area contributed by atoms with Gasteiger partial charge in [0.25, 0.3) is 5.91 Å². The van der Waals surface area contributed by atoms with E-state index in [-0.39, 0.29) is 10.6 Å². The van der Waals surface area contributed by atoms with Crippen LogP contribution in [-0.2, 0) is 9.53 Å². The number of nitrogens with one attached hydrogen (secondary N) is 1. The van der Waals surface area contributed by atoms with Crippen LogP contribution in [0.2, 0.25) is 10.0 Å². The fraction of sp³-hybridized carbons (Fsp3) is 0.222. The zero-order chi connectivity index (χ0) is 18.7. The molecule has 1 aliphatic heterocycles. The highest BCUT2D eigenvalue weighted by molar-refractivity contribution is 6.36. The maximum atomic E-state index is 12.3. The molecule has 2 aromatic rings. The Morgan fingerprint density at radius 1 is 1.08 bits per heavy atom. The third kappa shape index (κ3) is 4.20. The molecule has 6 nitrogen and oxygen atoms in total. The third-order valence-corrected chi connectivity index (χ3v) is 4.16. The number of fused-ring (bicyclic) bond motifs is 1. The van der Waals surface area contributed by atoms with Crippen molar-refractivity contribution in [3.8, 4) is 11.5 Å². The number of carbonyl (C=O) groups excluding carboxylic acids is 2. The maximum Gasteiger partial charge on any atom is 0.340 e. The van der Waals surface area contributed by atoms with Crippen molar-refractivity contribution in [2.75, 3.05) is 18.5 Å². The van der Waals surface area contributed by atoms with Crippen molar-refractivity contribution in [1.82, 2.24) is 0 Å². The molecule has 1 atom stereocenters. The number of anilines is 1. The van der Waals surface area contributed by atoms with Gasteiger partial charge in [0.1, 0.15) is 13.2 Å². The SMILES string of the molecule is C[C@H](OC(=O)c1ccc(Cl)cc1Cl)C(=O)Nc1ccc2c(c1)OCCO2. The van der Waals surface area contributed by atoms with Crippen LogP contribution in [0.15, 0.2) is 36.4 Å². The molecule has 8 heteroatoms. The van der Waals surface area contributed by atoms with Gasteiger partial charge in [0, 0.05) is 16.8 Å². The molecule has 0 bridgehead atoms. The van der Waals surface area contributed by atoms with Crippen molar-refractivity contribution in [1.29, 1.82) is 0 Å². The van der Waals surface area contributed by atoms with E-state index in [9.17, 15) is 9.59 Å². The number of hydrogen-bond donors (Lipinski definition) is 1. The second-order valence-corrected chi connectivity index (χ2v) is 6.36. The van der Waals surface area contributed by atoms with Crippen LogP contribution in [0.1, 0.15) is 17.3 Å². The molecule has 0 aromatic heterocycles. The summed E-state index contributed by atoms with van der Waals surface area (Å²) in [6.45, 7) is 2.40. The van der Waals surface area contributed by atoms with Crippen LogP contribution in [0.25, 0.3) is 0 Å². The molecule has 1 N–H and O–H groups in total. The number of rotatable bonds is 4. The summed E-state index contributed by atoms with van der Waals surface area (Å²) in [5.74, 6) is -0.0330. The minimum Gasteiger partial charge on any atom is -0.486 e. The van der Waals surface area contributed by atoms with Crippen LogP contribution in [0, 0.1) is 0 Å². The first-order valence-electron chi connectivity index (χ1n) is 7.80. The lowest BCUT2D eigenvalue weighted by molar-refractivity contribution is -0.123. The Balaban J connectivity index is 1.63. The summed E-state index contributed by atoms with van der Waals surface area (Å²) >= 11 is 11.8. The summed E-state index contributed by atoms with van der Waals surface area (Å²) in [5.41, 5.74) is 0.640. The summed E-state index contributed by atoms with van der Waals surface area (Å²) in [5, 5.41) is 3.22. The Labute approximate surface area is 159 Å². The van der Waals surface area contributed by atoms with Crippen molar-refractivity contribution in [3.05, 3.63) is 52.0 Å². The van der Waals surface area contributed by atoms with Crippen molar-refractivity contribution in [2.45, 2.75) is 13.0 Å². The van der Waals surface area contributed by atoms with Gasteiger partial charge < -0.3 is 19.5 Å². The molecular formula is C18H15Cl2NO5. The van der Waals surface area contributed by atoms with Crippen molar-refractivity contribution >= 4 is 40.8 Å². The van der Waals surface area contributed by atoms with Crippen LogP contribution in [-0.4, -0.2) is 31.2 Å². The summed E-state index contributed by atoms with van der Waals surface area (Å²) in [4.78, 5) is 24.4. The van der Waals surface area contributed by atoms with Gasteiger partial charge in [-0.3, -0.25) is 4.79 Å². The largest absolute Gasteiger partial charge is 0.486 e. The number of halogens is 2. The average molecular weight is 396 g/mol. The molecule has 1 aliphatic rings. The van der Waals surface area contributed by atoms with Gasteiger partial charge >= 0.3 is 5.97 Å². The first kappa shape index (κ1) is 18.4. The maximum absolute atomic E-state index is 12.3.